The van der Waals surface area contributed by atoms with E-state index >= 15 is 0 Å². The number of carbonyl (C=O) groups is 2. The average Bonchev–Trinajstić information content (AvgIpc) is 3.01. The summed E-state index contributed by atoms with van der Waals surface area (Å²) in [6.07, 6.45) is 0. The van der Waals surface area contributed by atoms with E-state index in [2.05, 4.69) is 25.4 Å². The first-order valence-corrected chi connectivity index (χ1v) is 7.02. The van der Waals surface area contributed by atoms with Crippen LogP contribution < -0.4 is 4.74 Å². The first kappa shape index (κ1) is 16.1. The average molecular weight is 369 g/mol. The van der Waals surface area contributed by atoms with Crippen molar-refractivity contribution >= 4 is 27.9 Å². The molecular weight excluding hydrogens is 356 g/mol. The first-order valence-electron chi connectivity index (χ1n) is 6.23. The summed E-state index contributed by atoms with van der Waals surface area (Å²) in [6, 6.07) is 7.97. The molecular formula is C15H13BrO6. The van der Waals surface area contributed by atoms with Crippen molar-refractivity contribution in [1.29, 1.82) is 0 Å². The van der Waals surface area contributed by atoms with E-state index in [9.17, 15) is 9.59 Å². The number of rotatable bonds is 5. The second-order valence-electron chi connectivity index (χ2n) is 4.18. The van der Waals surface area contributed by atoms with E-state index in [-0.39, 0.29) is 12.4 Å². The van der Waals surface area contributed by atoms with Crippen LogP contribution in [0.4, 0.5) is 0 Å². The van der Waals surface area contributed by atoms with Crippen LogP contribution in [0.1, 0.15) is 26.7 Å². The van der Waals surface area contributed by atoms with Gasteiger partial charge in [0.25, 0.3) is 0 Å². The van der Waals surface area contributed by atoms with Gasteiger partial charge < -0.3 is 18.6 Å². The minimum atomic E-state index is -0.546. The van der Waals surface area contributed by atoms with Crippen molar-refractivity contribution in [3.05, 3.63) is 51.9 Å². The highest BCUT2D eigenvalue weighted by molar-refractivity contribution is 9.10. The molecule has 0 aliphatic carbocycles. The number of hydrogen-bond donors (Lipinski definition) is 0. The predicted molar refractivity (Wildman–Crippen MR) is 79.9 cm³/mol. The van der Waals surface area contributed by atoms with Gasteiger partial charge in [-0.2, -0.15) is 0 Å². The van der Waals surface area contributed by atoms with Crippen molar-refractivity contribution < 1.29 is 28.2 Å². The van der Waals surface area contributed by atoms with E-state index in [1.165, 1.54) is 20.3 Å². The molecule has 0 fully saturated rings. The van der Waals surface area contributed by atoms with Gasteiger partial charge in [-0.05, 0) is 46.3 Å². The normalized spacial score (nSPS) is 10.1. The molecule has 0 N–H and O–H groups in total. The summed E-state index contributed by atoms with van der Waals surface area (Å²) in [6.45, 7) is 0.132. The third-order valence-electron chi connectivity index (χ3n) is 2.77. The number of halogens is 1. The van der Waals surface area contributed by atoms with E-state index in [1.807, 2.05) is 0 Å². The molecule has 116 valence electrons. The van der Waals surface area contributed by atoms with Crippen LogP contribution in [0.3, 0.4) is 0 Å². The summed E-state index contributed by atoms with van der Waals surface area (Å²) in [4.78, 5) is 22.7. The molecule has 0 unspecified atom stereocenters. The van der Waals surface area contributed by atoms with Gasteiger partial charge in [0.1, 0.15) is 18.1 Å². The van der Waals surface area contributed by atoms with Crippen LogP contribution >= 0.6 is 15.9 Å². The van der Waals surface area contributed by atoms with Crippen LogP contribution in [-0.2, 0) is 16.1 Å². The molecule has 1 aromatic heterocycles. The van der Waals surface area contributed by atoms with Crippen LogP contribution in [0, 0.1) is 0 Å². The zero-order valence-electron chi connectivity index (χ0n) is 11.9. The Morgan fingerprint density at radius 2 is 1.82 bits per heavy atom. The lowest BCUT2D eigenvalue weighted by molar-refractivity contribution is 0.0559. The van der Waals surface area contributed by atoms with E-state index < -0.39 is 11.9 Å². The molecule has 2 rings (SSSR count). The maximum Gasteiger partial charge on any atom is 0.373 e. The summed E-state index contributed by atoms with van der Waals surface area (Å²) in [5, 5.41) is 0. The Labute approximate surface area is 135 Å². The zero-order valence-corrected chi connectivity index (χ0v) is 13.5. The molecule has 22 heavy (non-hydrogen) atoms. The van der Waals surface area contributed by atoms with Crippen LogP contribution in [0.15, 0.2) is 39.2 Å². The molecule has 0 saturated carbocycles. The van der Waals surface area contributed by atoms with E-state index in [0.717, 1.165) is 0 Å². The summed E-state index contributed by atoms with van der Waals surface area (Å²) < 4.78 is 20.7. The Bertz CT molecular complexity index is 691. The molecule has 0 saturated heterocycles. The summed E-state index contributed by atoms with van der Waals surface area (Å²) in [5.41, 5.74) is 0.410. The lowest BCUT2D eigenvalue weighted by Crippen LogP contribution is -2.02. The van der Waals surface area contributed by atoms with Gasteiger partial charge in [-0.3, -0.25) is 0 Å². The first-order chi connectivity index (χ1) is 10.5. The highest BCUT2D eigenvalue weighted by Crippen LogP contribution is 2.27. The third-order valence-corrected chi connectivity index (χ3v) is 3.39. The maximum absolute atomic E-state index is 11.4. The molecule has 0 atom stereocenters. The van der Waals surface area contributed by atoms with Crippen LogP contribution in [-0.4, -0.2) is 26.2 Å². The molecule has 0 aliphatic heterocycles. The number of methoxy groups -OCH3 is 2. The summed E-state index contributed by atoms with van der Waals surface area (Å²) in [7, 11) is 2.59. The predicted octanol–water partition coefficient (Wildman–Crippen LogP) is 3.19. The number of esters is 2. The molecule has 0 amide bonds. The number of furan rings is 1. The third kappa shape index (κ3) is 3.67. The van der Waals surface area contributed by atoms with Crippen molar-refractivity contribution in [2.45, 2.75) is 6.61 Å². The molecule has 2 aromatic rings. The largest absolute Gasteiger partial charge is 0.484 e. The molecule has 0 radical (unpaired) electrons. The van der Waals surface area contributed by atoms with Crippen molar-refractivity contribution in [3.8, 4) is 5.75 Å². The lowest BCUT2D eigenvalue weighted by Gasteiger charge is -2.08. The zero-order chi connectivity index (χ0) is 16.1. The van der Waals surface area contributed by atoms with Gasteiger partial charge in [-0.1, -0.05) is 0 Å². The minimum absolute atomic E-state index is 0.112. The minimum Gasteiger partial charge on any atom is -0.484 e. The van der Waals surface area contributed by atoms with Crippen molar-refractivity contribution in [1.82, 2.24) is 0 Å². The number of hydrogen-bond acceptors (Lipinski definition) is 6. The van der Waals surface area contributed by atoms with Gasteiger partial charge in [0, 0.05) is 0 Å². The van der Waals surface area contributed by atoms with Gasteiger partial charge >= 0.3 is 11.9 Å². The molecule has 0 bridgehead atoms. The van der Waals surface area contributed by atoms with Crippen LogP contribution in [0.2, 0.25) is 0 Å². The molecule has 1 heterocycles. The number of carbonyl (C=O) groups excluding carboxylic acids is 2. The van der Waals surface area contributed by atoms with Crippen molar-refractivity contribution in [2.75, 3.05) is 14.2 Å². The quantitative estimate of drug-likeness (QED) is 0.754. The van der Waals surface area contributed by atoms with E-state index in [1.54, 1.807) is 24.3 Å². The second kappa shape index (κ2) is 7.13. The lowest BCUT2D eigenvalue weighted by atomic mass is 10.2. The molecule has 0 spiro atoms. The summed E-state index contributed by atoms with van der Waals surface area (Å²) in [5.74, 6) is 0.144. The van der Waals surface area contributed by atoms with E-state index in [4.69, 9.17) is 9.15 Å². The maximum atomic E-state index is 11.4. The smallest absolute Gasteiger partial charge is 0.373 e. The van der Waals surface area contributed by atoms with Crippen molar-refractivity contribution in [2.24, 2.45) is 0 Å². The number of benzene rings is 1. The highest BCUT2D eigenvalue weighted by atomic mass is 79.9. The Morgan fingerprint density at radius 3 is 2.45 bits per heavy atom. The Balaban J connectivity index is 2.04. The molecule has 6 nitrogen and oxygen atoms in total. The summed E-state index contributed by atoms with van der Waals surface area (Å²) >= 11 is 3.32. The SMILES string of the molecule is COC(=O)c1ccc(OCc2ccc(C(=O)OC)o2)c(Br)c1. The number of ether oxygens (including phenoxy) is 3. The van der Waals surface area contributed by atoms with Crippen molar-refractivity contribution in [3.63, 3.8) is 0 Å². The fourth-order valence-corrected chi connectivity index (χ4v) is 2.17. The van der Waals surface area contributed by atoms with Crippen LogP contribution in [0.5, 0.6) is 5.75 Å². The fraction of sp³-hybridized carbons (Fsp3) is 0.200. The van der Waals surface area contributed by atoms with E-state index in [0.29, 0.717) is 21.5 Å². The second-order valence-corrected chi connectivity index (χ2v) is 5.04. The van der Waals surface area contributed by atoms with Crippen LogP contribution in [0.25, 0.3) is 0 Å². The standard InChI is InChI=1S/C15H13BrO6/c1-19-14(17)9-3-5-12(11(16)7-9)21-8-10-4-6-13(22-10)15(18)20-2/h3-7H,8H2,1-2H3. The molecule has 1 aromatic carbocycles. The molecule has 0 aliphatic rings. The van der Waals surface area contributed by atoms with Gasteiger partial charge in [-0.25, -0.2) is 9.59 Å². The fourth-order valence-electron chi connectivity index (χ4n) is 1.68. The monoisotopic (exact) mass is 368 g/mol. The van der Waals surface area contributed by atoms with Gasteiger partial charge in [0.2, 0.25) is 5.76 Å². The van der Waals surface area contributed by atoms with Gasteiger partial charge in [0.15, 0.2) is 0 Å². The Kier molecular flexibility index (Phi) is 5.21. The highest BCUT2D eigenvalue weighted by Gasteiger charge is 2.13. The Hall–Kier alpha value is -2.28. The van der Waals surface area contributed by atoms with Gasteiger partial charge in [-0.15, -0.1) is 0 Å². The Morgan fingerprint density at radius 1 is 1.09 bits per heavy atom. The van der Waals surface area contributed by atoms with Gasteiger partial charge in [0.05, 0.1) is 24.3 Å². The topological polar surface area (TPSA) is 75.0 Å². The molecule has 7 heteroatoms.